The lowest BCUT2D eigenvalue weighted by atomic mass is 10.2. The van der Waals surface area contributed by atoms with Crippen molar-refractivity contribution in [3.63, 3.8) is 0 Å². The van der Waals surface area contributed by atoms with E-state index in [0.717, 1.165) is 16.6 Å². The lowest BCUT2D eigenvalue weighted by Gasteiger charge is -2.01. The first-order chi connectivity index (χ1) is 7.16. The van der Waals surface area contributed by atoms with Crippen LogP contribution in [-0.4, -0.2) is 27.3 Å². The second kappa shape index (κ2) is 3.74. The third-order valence-corrected chi connectivity index (χ3v) is 2.28. The maximum atomic E-state index is 10.5. The number of carbonyl (C=O) groups is 1. The second-order valence-electron chi connectivity index (χ2n) is 3.44. The van der Waals surface area contributed by atoms with Gasteiger partial charge >= 0.3 is 5.97 Å². The molecule has 0 radical (unpaired) electrons. The van der Waals surface area contributed by atoms with E-state index in [2.05, 4.69) is 4.98 Å². The Labute approximate surface area is 86.2 Å². The van der Waals surface area contributed by atoms with Crippen molar-refractivity contribution < 1.29 is 15.0 Å². The van der Waals surface area contributed by atoms with Crippen LogP contribution in [0.25, 0.3) is 10.9 Å². The molecule has 2 rings (SSSR count). The van der Waals surface area contributed by atoms with Crippen LogP contribution >= 0.6 is 0 Å². The molecule has 1 aromatic heterocycles. The summed E-state index contributed by atoms with van der Waals surface area (Å²) in [6.45, 7) is 0. The highest BCUT2D eigenvalue weighted by Crippen LogP contribution is 2.15. The van der Waals surface area contributed by atoms with Gasteiger partial charge in [-0.05, 0) is 17.5 Å². The van der Waals surface area contributed by atoms with Crippen molar-refractivity contribution in [1.29, 1.82) is 0 Å². The van der Waals surface area contributed by atoms with Gasteiger partial charge in [-0.1, -0.05) is 18.2 Å². The highest BCUT2D eigenvalue weighted by Gasteiger charge is 2.14. The Balaban J connectivity index is 2.26. The van der Waals surface area contributed by atoms with Gasteiger partial charge in [0.1, 0.15) is 0 Å². The Morgan fingerprint density at radius 3 is 2.80 bits per heavy atom. The molecule has 0 saturated carbocycles. The van der Waals surface area contributed by atoms with Crippen LogP contribution in [0.1, 0.15) is 5.69 Å². The Hall–Kier alpha value is -1.81. The molecule has 0 spiro atoms. The zero-order valence-electron chi connectivity index (χ0n) is 7.97. The van der Waals surface area contributed by atoms with Gasteiger partial charge in [0.25, 0.3) is 0 Å². The number of H-pyrrole nitrogens is 1. The summed E-state index contributed by atoms with van der Waals surface area (Å²) in [5.41, 5.74) is 1.68. The number of carboxylic acid groups (broad SMARTS) is 1. The third-order valence-electron chi connectivity index (χ3n) is 2.28. The molecule has 0 aliphatic carbocycles. The van der Waals surface area contributed by atoms with Gasteiger partial charge in [-0.3, -0.25) is 0 Å². The SMILES string of the molecule is O=C(O)[C@@H](O)Cc1cc2ccccc2[nH]1. The van der Waals surface area contributed by atoms with Crippen LogP contribution in [0.4, 0.5) is 0 Å². The first-order valence-electron chi connectivity index (χ1n) is 4.64. The standard InChI is InChI=1S/C11H11NO3/c13-10(11(14)15)6-8-5-7-3-1-2-4-9(7)12-8/h1-5,10,12-13H,6H2,(H,14,15)/t10-/m0/s1. The fourth-order valence-electron chi connectivity index (χ4n) is 1.54. The smallest absolute Gasteiger partial charge is 0.332 e. The average molecular weight is 205 g/mol. The summed E-state index contributed by atoms with van der Waals surface area (Å²) >= 11 is 0. The zero-order chi connectivity index (χ0) is 10.8. The van der Waals surface area contributed by atoms with E-state index < -0.39 is 12.1 Å². The largest absolute Gasteiger partial charge is 0.479 e. The van der Waals surface area contributed by atoms with Gasteiger partial charge in [-0.15, -0.1) is 0 Å². The van der Waals surface area contributed by atoms with Gasteiger partial charge in [-0.2, -0.15) is 0 Å². The number of aromatic nitrogens is 1. The van der Waals surface area contributed by atoms with Crippen LogP contribution in [0.5, 0.6) is 0 Å². The molecule has 15 heavy (non-hydrogen) atoms. The molecule has 0 aliphatic rings. The quantitative estimate of drug-likeness (QED) is 0.703. The van der Waals surface area contributed by atoms with Crippen molar-refractivity contribution in [2.75, 3.05) is 0 Å². The van der Waals surface area contributed by atoms with Crippen molar-refractivity contribution >= 4 is 16.9 Å². The highest BCUT2D eigenvalue weighted by atomic mass is 16.4. The minimum atomic E-state index is -1.35. The summed E-state index contributed by atoms with van der Waals surface area (Å²) < 4.78 is 0. The lowest BCUT2D eigenvalue weighted by molar-refractivity contribution is -0.146. The number of aliphatic carboxylic acids is 1. The van der Waals surface area contributed by atoms with Crippen molar-refractivity contribution in [2.24, 2.45) is 0 Å². The molecule has 0 unspecified atom stereocenters. The molecule has 0 fully saturated rings. The summed E-state index contributed by atoms with van der Waals surface area (Å²) in [7, 11) is 0. The first kappa shape index (κ1) is 9.73. The first-order valence-corrected chi connectivity index (χ1v) is 4.64. The molecule has 0 aliphatic heterocycles. The highest BCUT2D eigenvalue weighted by molar-refractivity contribution is 5.80. The Morgan fingerprint density at radius 2 is 2.13 bits per heavy atom. The van der Waals surface area contributed by atoms with Crippen LogP contribution in [0.3, 0.4) is 0 Å². The van der Waals surface area contributed by atoms with Crippen molar-refractivity contribution in [2.45, 2.75) is 12.5 Å². The second-order valence-corrected chi connectivity index (χ2v) is 3.44. The molecular formula is C11H11NO3. The molecule has 4 nitrogen and oxygen atoms in total. The van der Waals surface area contributed by atoms with Gasteiger partial charge in [0, 0.05) is 17.6 Å². The molecule has 1 atom stereocenters. The lowest BCUT2D eigenvalue weighted by Crippen LogP contribution is -2.22. The van der Waals surface area contributed by atoms with Gasteiger partial charge < -0.3 is 15.2 Å². The summed E-state index contributed by atoms with van der Waals surface area (Å²) in [6, 6.07) is 9.50. The Kier molecular flexibility index (Phi) is 2.43. The molecule has 0 saturated heterocycles. The van der Waals surface area contributed by atoms with Crippen molar-refractivity contribution in [3.8, 4) is 0 Å². The summed E-state index contributed by atoms with van der Waals surface area (Å²) in [6.07, 6.45) is -1.25. The fraction of sp³-hybridized carbons (Fsp3) is 0.182. The van der Waals surface area contributed by atoms with E-state index >= 15 is 0 Å². The van der Waals surface area contributed by atoms with Crippen molar-refractivity contribution in [1.82, 2.24) is 4.98 Å². The number of aromatic amines is 1. The van der Waals surface area contributed by atoms with Crippen molar-refractivity contribution in [3.05, 3.63) is 36.0 Å². The normalized spacial score (nSPS) is 12.9. The van der Waals surface area contributed by atoms with Crippen LogP contribution < -0.4 is 0 Å². The van der Waals surface area contributed by atoms with Crippen LogP contribution in [0.2, 0.25) is 0 Å². The molecule has 78 valence electrons. The summed E-state index contributed by atoms with van der Waals surface area (Å²) in [4.78, 5) is 13.5. The number of carboxylic acids is 1. The summed E-state index contributed by atoms with van der Waals surface area (Å²) in [5.74, 6) is -1.20. The summed E-state index contributed by atoms with van der Waals surface area (Å²) in [5, 5.41) is 18.8. The fourth-order valence-corrected chi connectivity index (χ4v) is 1.54. The number of hydrogen-bond acceptors (Lipinski definition) is 2. The molecule has 1 aromatic carbocycles. The minimum absolute atomic E-state index is 0.101. The number of aliphatic hydroxyl groups is 1. The Morgan fingerprint density at radius 1 is 1.40 bits per heavy atom. The van der Waals surface area contributed by atoms with E-state index in [1.807, 2.05) is 30.3 Å². The molecule has 0 amide bonds. The predicted octanol–water partition coefficient (Wildman–Crippen LogP) is 1.16. The zero-order valence-corrected chi connectivity index (χ0v) is 7.97. The van der Waals surface area contributed by atoms with E-state index in [-0.39, 0.29) is 6.42 Å². The number of aliphatic hydroxyl groups excluding tert-OH is 1. The van der Waals surface area contributed by atoms with Gasteiger partial charge in [0.15, 0.2) is 6.10 Å². The van der Waals surface area contributed by atoms with E-state index in [9.17, 15) is 9.90 Å². The van der Waals surface area contributed by atoms with Crippen LogP contribution in [0, 0.1) is 0 Å². The number of nitrogens with one attached hydrogen (secondary N) is 1. The number of hydrogen-bond donors (Lipinski definition) is 3. The third kappa shape index (κ3) is 1.99. The molecule has 1 heterocycles. The number of para-hydroxylation sites is 1. The van der Waals surface area contributed by atoms with E-state index in [4.69, 9.17) is 5.11 Å². The molecule has 3 N–H and O–H groups in total. The minimum Gasteiger partial charge on any atom is -0.479 e. The Bertz CT molecular complexity index is 456. The maximum Gasteiger partial charge on any atom is 0.332 e. The number of fused-ring (bicyclic) bond motifs is 1. The monoisotopic (exact) mass is 205 g/mol. The topological polar surface area (TPSA) is 73.3 Å². The number of benzene rings is 1. The van der Waals surface area contributed by atoms with E-state index in [1.165, 1.54) is 0 Å². The van der Waals surface area contributed by atoms with Gasteiger partial charge in [0.2, 0.25) is 0 Å². The van der Waals surface area contributed by atoms with E-state index in [0.29, 0.717) is 0 Å². The predicted molar refractivity (Wildman–Crippen MR) is 55.6 cm³/mol. The van der Waals surface area contributed by atoms with E-state index in [1.54, 1.807) is 0 Å². The molecule has 2 aromatic rings. The average Bonchev–Trinajstić information content (AvgIpc) is 2.59. The molecular weight excluding hydrogens is 194 g/mol. The maximum absolute atomic E-state index is 10.5. The van der Waals surface area contributed by atoms with Gasteiger partial charge in [-0.25, -0.2) is 4.79 Å². The van der Waals surface area contributed by atoms with Crippen LogP contribution in [0.15, 0.2) is 30.3 Å². The number of rotatable bonds is 3. The van der Waals surface area contributed by atoms with Gasteiger partial charge in [0.05, 0.1) is 0 Å². The molecule has 4 heteroatoms. The molecule has 0 bridgehead atoms. The van der Waals surface area contributed by atoms with Crippen LogP contribution in [-0.2, 0) is 11.2 Å².